The van der Waals surface area contributed by atoms with Gasteiger partial charge in [-0.2, -0.15) is 10.2 Å². The van der Waals surface area contributed by atoms with Gasteiger partial charge < -0.3 is 0 Å². The van der Waals surface area contributed by atoms with Crippen molar-refractivity contribution in [1.82, 2.24) is 25.0 Å². The van der Waals surface area contributed by atoms with Crippen LogP contribution < -0.4 is 0 Å². The summed E-state index contributed by atoms with van der Waals surface area (Å²) in [6.07, 6.45) is 0.865. The molecule has 0 unspecified atom stereocenters. The topological polar surface area (TPSA) is 59.4 Å². The number of hydrogen-bond acceptors (Lipinski definition) is 3. The Morgan fingerprint density at radius 2 is 2.29 bits per heavy atom. The van der Waals surface area contributed by atoms with E-state index in [1.165, 1.54) is 0 Å². The van der Waals surface area contributed by atoms with E-state index >= 15 is 0 Å². The molecule has 2 heterocycles. The van der Waals surface area contributed by atoms with Crippen molar-refractivity contribution in [3.63, 3.8) is 0 Å². The first kappa shape index (κ1) is 8.93. The average molecular weight is 191 g/mol. The molecule has 2 aromatic heterocycles. The van der Waals surface area contributed by atoms with Gasteiger partial charge >= 0.3 is 0 Å². The fraction of sp³-hybridized carbons (Fsp3) is 0.444. The average Bonchev–Trinajstić information content (AvgIpc) is 2.71. The van der Waals surface area contributed by atoms with E-state index in [1.807, 2.05) is 27.0 Å². The van der Waals surface area contributed by atoms with Crippen LogP contribution in [0.3, 0.4) is 0 Å². The number of aromatic amines is 1. The third-order valence-electron chi connectivity index (χ3n) is 2.10. The van der Waals surface area contributed by atoms with Crippen LogP contribution in [0.2, 0.25) is 0 Å². The van der Waals surface area contributed by atoms with E-state index in [9.17, 15) is 0 Å². The molecule has 0 bridgehead atoms. The molecule has 2 rings (SSSR count). The highest BCUT2D eigenvalue weighted by atomic mass is 15.3. The van der Waals surface area contributed by atoms with E-state index < -0.39 is 0 Å². The smallest absolute Gasteiger partial charge is 0.199 e. The van der Waals surface area contributed by atoms with Crippen LogP contribution in [0.1, 0.15) is 18.4 Å². The summed E-state index contributed by atoms with van der Waals surface area (Å²) < 4.78 is 1.79. The molecule has 2 aromatic rings. The number of nitrogens with one attached hydrogen (secondary N) is 1. The van der Waals surface area contributed by atoms with Gasteiger partial charge in [-0.1, -0.05) is 6.92 Å². The molecule has 1 N–H and O–H groups in total. The SMILES string of the molecule is CCc1nc(-c2cc(C)nn2C)n[nH]1. The van der Waals surface area contributed by atoms with Crippen LogP contribution in [0.4, 0.5) is 0 Å². The van der Waals surface area contributed by atoms with Crippen molar-refractivity contribution in [2.45, 2.75) is 20.3 Å². The Balaban J connectivity index is 2.43. The van der Waals surface area contributed by atoms with Crippen LogP contribution in [0.5, 0.6) is 0 Å². The van der Waals surface area contributed by atoms with E-state index in [4.69, 9.17) is 0 Å². The number of nitrogens with zero attached hydrogens (tertiary/aromatic N) is 4. The summed E-state index contributed by atoms with van der Waals surface area (Å²) in [6, 6.07) is 1.97. The Morgan fingerprint density at radius 3 is 2.79 bits per heavy atom. The van der Waals surface area contributed by atoms with Crippen LogP contribution >= 0.6 is 0 Å². The first-order valence-electron chi connectivity index (χ1n) is 4.63. The van der Waals surface area contributed by atoms with Crippen LogP contribution in [-0.2, 0) is 13.5 Å². The van der Waals surface area contributed by atoms with Gasteiger partial charge in [-0.3, -0.25) is 9.78 Å². The lowest BCUT2D eigenvalue weighted by Crippen LogP contribution is -1.95. The standard InChI is InChI=1S/C9H13N5/c1-4-8-10-9(12-11-8)7-5-6(2)13-14(7)3/h5H,4H2,1-3H3,(H,10,11,12). The predicted molar refractivity (Wildman–Crippen MR) is 52.7 cm³/mol. The minimum atomic E-state index is 0.713. The molecule has 0 saturated heterocycles. The van der Waals surface area contributed by atoms with Crippen LogP contribution in [0.25, 0.3) is 11.5 Å². The molecule has 0 saturated carbocycles. The van der Waals surface area contributed by atoms with Gasteiger partial charge in [0.05, 0.1) is 5.69 Å². The van der Waals surface area contributed by atoms with Gasteiger partial charge in [-0.25, -0.2) is 4.98 Å². The fourth-order valence-corrected chi connectivity index (χ4v) is 1.39. The fourth-order valence-electron chi connectivity index (χ4n) is 1.39. The monoisotopic (exact) mass is 191 g/mol. The predicted octanol–water partition coefficient (Wildman–Crippen LogP) is 1.08. The molecule has 5 nitrogen and oxygen atoms in total. The summed E-state index contributed by atoms with van der Waals surface area (Å²) >= 11 is 0. The van der Waals surface area contributed by atoms with Gasteiger partial charge in [0, 0.05) is 13.5 Å². The Labute approximate surface area is 82.2 Å². The summed E-state index contributed by atoms with van der Waals surface area (Å²) in [5, 5.41) is 11.3. The Morgan fingerprint density at radius 1 is 1.50 bits per heavy atom. The molecule has 14 heavy (non-hydrogen) atoms. The highest BCUT2D eigenvalue weighted by Crippen LogP contribution is 2.14. The van der Waals surface area contributed by atoms with E-state index in [2.05, 4.69) is 20.3 Å². The Hall–Kier alpha value is -1.65. The van der Waals surface area contributed by atoms with Crippen molar-refractivity contribution in [3.05, 3.63) is 17.6 Å². The number of aromatic nitrogens is 5. The first-order valence-corrected chi connectivity index (χ1v) is 4.63. The molecule has 0 atom stereocenters. The second-order valence-electron chi connectivity index (χ2n) is 3.25. The Kier molecular flexibility index (Phi) is 2.07. The van der Waals surface area contributed by atoms with Gasteiger partial charge in [0.25, 0.3) is 0 Å². The van der Waals surface area contributed by atoms with Gasteiger partial charge in [-0.05, 0) is 13.0 Å². The van der Waals surface area contributed by atoms with Crippen molar-refractivity contribution in [3.8, 4) is 11.5 Å². The minimum absolute atomic E-state index is 0.713. The highest BCUT2D eigenvalue weighted by molar-refractivity contribution is 5.49. The number of H-pyrrole nitrogens is 1. The number of hydrogen-bond donors (Lipinski definition) is 1. The molecule has 0 aliphatic carbocycles. The zero-order valence-electron chi connectivity index (χ0n) is 8.57. The van der Waals surface area contributed by atoms with E-state index in [0.717, 1.165) is 23.6 Å². The van der Waals surface area contributed by atoms with E-state index in [1.54, 1.807) is 4.68 Å². The third kappa shape index (κ3) is 1.41. The van der Waals surface area contributed by atoms with Gasteiger partial charge in [0.2, 0.25) is 0 Å². The molecule has 0 radical (unpaired) electrons. The summed E-state index contributed by atoms with van der Waals surface area (Å²) in [5.41, 5.74) is 1.92. The lowest BCUT2D eigenvalue weighted by molar-refractivity contribution is 0.759. The summed E-state index contributed by atoms with van der Waals surface area (Å²) in [6.45, 7) is 4.00. The molecule has 0 aliphatic rings. The molecule has 0 fully saturated rings. The zero-order valence-corrected chi connectivity index (χ0v) is 8.57. The first-order chi connectivity index (χ1) is 6.70. The maximum atomic E-state index is 4.35. The van der Waals surface area contributed by atoms with Crippen molar-refractivity contribution in [1.29, 1.82) is 0 Å². The van der Waals surface area contributed by atoms with E-state index in [-0.39, 0.29) is 0 Å². The second kappa shape index (κ2) is 3.25. The van der Waals surface area contributed by atoms with Crippen molar-refractivity contribution >= 4 is 0 Å². The normalized spacial score (nSPS) is 10.8. The molecule has 0 aromatic carbocycles. The van der Waals surface area contributed by atoms with E-state index in [0.29, 0.717) is 5.82 Å². The third-order valence-corrected chi connectivity index (χ3v) is 2.10. The molecular weight excluding hydrogens is 178 g/mol. The summed E-state index contributed by atoms with van der Waals surface area (Å²) in [7, 11) is 1.89. The maximum Gasteiger partial charge on any atom is 0.199 e. The zero-order chi connectivity index (χ0) is 10.1. The van der Waals surface area contributed by atoms with Crippen molar-refractivity contribution < 1.29 is 0 Å². The van der Waals surface area contributed by atoms with Crippen molar-refractivity contribution in [2.24, 2.45) is 7.05 Å². The van der Waals surface area contributed by atoms with Gasteiger partial charge in [0.15, 0.2) is 5.82 Å². The highest BCUT2D eigenvalue weighted by Gasteiger charge is 2.09. The molecule has 0 spiro atoms. The summed E-state index contributed by atoms with van der Waals surface area (Å²) in [4.78, 5) is 4.35. The van der Waals surface area contributed by atoms with Gasteiger partial charge in [-0.15, -0.1) is 0 Å². The minimum Gasteiger partial charge on any atom is -0.264 e. The quantitative estimate of drug-likeness (QED) is 0.772. The maximum absolute atomic E-state index is 4.35. The molecule has 0 aliphatic heterocycles. The number of rotatable bonds is 2. The van der Waals surface area contributed by atoms with Gasteiger partial charge in [0.1, 0.15) is 11.5 Å². The van der Waals surface area contributed by atoms with Crippen LogP contribution in [0, 0.1) is 6.92 Å². The molecule has 5 heteroatoms. The molecular formula is C9H13N5. The van der Waals surface area contributed by atoms with Crippen LogP contribution in [0.15, 0.2) is 6.07 Å². The lowest BCUT2D eigenvalue weighted by Gasteiger charge is -1.93. The Bertz CT molecular complexity index is 440. The molecule has 74 valence electrons. The van der Waals surface area contributed by atoms with Crippen molar-refractivity contribution in [2.75, 3.05) is 0 Å². The van der Waals surface area contributed by atoms with Crippen LogP contribution in [-0.4, -0.2) is 25.0 Å². The summed E-state index contributed by atoms with van der Waals surface area (Å²) in [5.74, 6) is 1.61. The largest absolute Gasteiger partial charge is 0.264 e. The number of aryl methyl sites for hydroxylation is 3. The molecule has 0 amide bonds. The lowest BCUT2D eigenvalue weighted by atomic mass is 10.3. The second-order valence-corrected chi connectivity index (χ2v) is 3.25.